The van der Waals surface area contributed by atoms with Crippen LogP contribution in [0.15, 0.2) is 60.7 Å². The first kappa shape index (κ1) is 20.4. The van der Waals surface area contributed by atoms with E-state index in [2.05, 4.69) is 34.9 Å². The average molecular weight is 416 g/mol. The van der Waals surface area contributed by atoms with Crippen molar-refractivity contribution in [1.82, 2.24) is 4.73 Å². The Balaban J connectivity index is 1.33. The minimum absolute atomic E-state index is 0.210. The van der Waals surface area contributed by atoms with Crippen LogP contribution in [0.2, 0.25) is 0 Å². The number of carbonyl (C=O) groups excluding carboxylic acids is 1. The number of hydrogen-bond donors (Lipinski definition) is 2. The molecule has 6 nitrogen and oxygen atoms in total. The summed E-state index contributed by atoms with van der Waals surface area (Å²) in [6.07, 6.45) is 2.64. The fourth-order valence-electron chi connectivity index (χ4n) is 3.65. The Hall–Kier alpha value is -3.85. The van der Waals surface area contributed by atoms with Crippen molar-refractivity contribution in [3.05, 3.63) is 77.4 Å². The van der Waals surface area contributed by atoms with Crippen molar-refractivity contribution in [2.45, 2.75) is 32.2 Å². The van der Waals surface area contributed by atoms with Crippen LogP contribution in [0, 0.1) is 11.8 Å². The van der Waals surface area contributed by atoms with Crippen molar-refractivity contribution in [2.75, 3.05) is 11.4 Å². The molecular weight excluding hydrogens is 392 g/mol. The van der Waals surface area contributed by atoms with E-state index in [1.807, 2.05) is 30.3 Å². The van der Waals surface area contributed by atoms with Gasteiger partial charge in [-0.2, -0.15) is 0 Å². The topological polar surface area (TPSA) is 74.9 Å². The van der Waals surface area contributed by atoms with Crippen LogP contribution in [0.3, 0.4) is 0 Å². The van der Waals surface area contributed by atoms with Gasteiger partial charge in [0.1, 0.15) is 0 Å². The molecule has 0 atom stereocenters. The highest BCUT2D eigenvalue weighted by atomic mass is 16.7. The lowest BCUT2D eigenvalue weighted by Crippen LogP contribution is -2.26. The van der Waals surface area contributed by atoms with Crippen molar-refractivity contribution < 1.29 is 19.8 Å². The zero-order valence-electron chi connectivity index (χ0n) is 17.1. The van der Waals surface area contributed by atoms with Crippen molar-refractivity contribution in [2.24, 2.45) is 0 Å². The molecule has 31 heavy (non-hydrogen) atoms. The number of nitrogens with zero attached hydrogens (tertiary/aromatic N) is 2. The van der Waals surface area contributed by atoms with Gasteiger partial charge < -0.3 is 20.0 Å². The van der Waals surface area contributed by atoms with Gasteiger partial charge in [-0.15, -0.1) is 4.73 Å². The minimum atomic E-state index is -0.498. The molecular formula is C25H24N2O4. The van der Waals surface area contributed by atoms with Gasteiger partial charge in [-0.3, -0.25) is 0 Å². The molecule has 0 spiro atoms. The molecule has 4 rings (SSSR count). The van der Waals surface area contributed by atoms with Crippen LogP contribution in [0.4, 0.5) is 5.69 Å². The molecule has 0 radical (unpaired) electrons. The number of anilines is 1. The quantitative estimate of drug-likeness (QED) is 0.452. The molecule has 1 aliphatic heterocycles. The Kier molecular flexibility index (Phi) is 6.13. The van der Waals surface area contributed by atoms with Gasteiger partial charge in [0.05, 0.1) is 5.69 Å². The first-order chi connectivity index (χ1) is 15.1. The molecule has 0 fully saturated rings. The van der Waals surface area contributed by atoms with Gasteiger partial charge in [-0.25, -0.2) is 4.79 Å². The lowest BCUT2D eigenvalue weighted by Gasteiger charge is -2.27. The Labute approximate surface area is 181 Å². The van der Waals surface area contributed by atoms with Crippen molar-refractivity contribution in [3.8, 4) is 23.6 Å². The largest absolute Gasteiger partial charge is 0.492 e. The molecule has 2 N–H and O–H groups in total. The molecule has 0 aliphatic carbocycles. The van der Waals surface area contributed by atoms with E-state index in [1.165, 1.54) is 17.7 Å². The van der Waals surface area contributed by atoms with Crippen LogP contribution in [0.25, 0.3) is 0 Å². The monoisotopic (exact) mass is 416 g/mol. The normalized spacial score (nSPS) is 12.1. The summed E-state index contributed by atoms with van der Waals surface area (Å²) in [5.74, 6) is 5.47. The molecule has 3 aromatic rings. The molecule has 0 bridgehead atoms. The number of aromatic hydroxyl groups is 2. The summed E-state index contributed by atoms with van der Waals surface area (Å²) in [5.41, 5.74) is 4.41. The third-order valence-electron chi connectivity index (χ3n) is 5.25. The molecule has 2 heterocycles. The highest BCUT2D eigenvalue weighted by molar-refractivity contribution is 5.70. The summed E-state index contributed by atoms with van der Waals surface area (Å²) < 4.78 is 0.720. The molecule has 6 heteroatoms. The predicted molar refractivity (Wildman–Crippen MR) is 118 cm³/mol. The number of fused-ring (bicyclic) bond motifs is 2. The van der Waals surface area contributed by atoms with Crippen molar-refractivity contribution >= 4 is 11.7 Å². The number of aromatic nitrogens is 1. The van der Waals surface area contributed by atoms with Crippen LogP contribution in [-0.2, 0) is 11.3 Å². The van der Waals surface area contributed by atoms with Crippen molar-refractivity contribution in [3.63, 3.8) is 0 Å². The Morgan fingerprint density at radius 1 is 0.871 bits per heavy atom. The Morgan fingerprint density at radius 2 is 1.55 bits per heavy atom. The van der Waals surface area contributed by atoms with E-state index >= 15 is 0 Å². The van der Waals surface area contributed by atoms with Gasteiger partial charge in [-0.1, -0.05) is 48.6 Å². The summed E-state index contributed by atoms with van der Waals surface area (Å²) in [4.78, 5) is 19.3. The fraction of sp³-hybridized carbons (Fsp3) is 0.240. The number of carbonyl (C=O) groups is 1. The maximum absolute atomic E-state index is 12.0. The average Bonchev–Trinajstić information content (AvgIpc) is 3.08. The highest BCUT2D eigenvalue weighted by Crippen LogP contribution is 2.25. The standard InChI is InChI=1S/C25H24N2O4/c28-23-15-16-24(29)27(23)31-25(30)12-2-1-7-17-26-18-21-10-4-3-8-19(21)13-14-20-9-5-6-11-22(20)26/h3-6,8-11,15-16,28-29H,1-2,7,12,17-18H2. The van der Waals surface area contributed by atoms with E-state index in [9.17, 15) is 15.0 Å². The van der Waals surface area contributed by atoms with E-state index in [-0.39, 0.29) is 18.2 Å². The van der Waals surface area contributed by atoms with Crippen LogP contribution in [-0.4, -0.2) is 27.5 Å². The van der Waals surface area contributed by atoms with E-state index in [0.29, 0.717) is 6.42 Å². The summed E-state index contributed by atoms with van der Waals surface area (Å²) in [6, 6.07) is 18.9. The number of para-hydroxylation sites is 1. The van der Waals surface area contributed by atoms with E-state index < -0.39 is 5.97 Å². The third-order valence-corrected chi connectivity index (χ3v) is 5.25. The van der Waals surface area contributed by atoms with Gasteiger partial charge in [-0.05, 0) is 36.6 Å². The third kappa shape index (κ3) is 4.84. The lowest BCUT2D eigenvalue weighted by molar-refractivity contribution is -0.145. The van der Waals surface area contributed by atoms with E-state index in [0.717, 1.165) is 47.5 Å². The summed E-state index contributed by atoms with van der Waals surface area (Å²) in [5, 5.41) is 19.1. The molecule has 0 saturated carbocycles. The molecule has 2 aromatic carbocycles. The Morgan fingerprint density at radius 3 is 2.35 bits per heavy atom. The minimum Gasteiger partial charge on any atom is -0.492 e. The lowest BCUT2D eigenvalue weighted by atomic mass is 10.0. The SMILES string of the molecule is O=C(CCCCCN1Cc2ccccc2C#Cc2ccccc21)On1c(O)ccc1O. The van der Waals surface area contributed by atoms with E-state index in [1.54, 1.807) is 0 Å². The first-order valence-corrected chi connectivity index (χ1v) is 10.4. The summed E-state index contributed by atoms with van der Waals surface area (Å²) >= 11 is 0. The summed E-state index contributed by atoms with van der Waals surface area (Å²) in [7, 11) is 0. The maximum atomic E-state index is 12.0. The van der Waals surface area contributed by atoms with Crippen LogP contribution in [0.1, 0.15) is 42.4 Å². The fourth-order valence-corrected chi connectivity index (χ4v) is 3.65. The predicted octanol–water partition coefficient (Wildman–Crippen LogP) is 3.83. The van der Waals surface area contributed by atoms with Crippen LogP contribution < -0.4 is 9.74 Å². The van der Waals surface area contributed by atoms with Gasteiger partial charge in [0.2, 0.25) is 11.8 Å². The molecule has 1 aromatic heterocycles. The highest BCUT2D eigenvalue weighted by Gasteiger charge is 2.15. The first-order valence-electron chi connectivity index (χ1n) is 10.4. The van der Waals surface area contributed by atoms with Crippen LogP contribution in [0.5, 0.6) is 11.8 Å². The molecule has 1 aliphatic rings. The van der Waals surface area contributed by atoms with Gasteiger partial charge in [0.15, 0.2) is 0 Å². The maximum Gasteiger partial charge on any atom is 0.333 e. The van der Waals surface area contributed by atoms with Crippen molar-refractivity contribution in [1.29, 1.82) is 0 Å². The number of unbranched alkanes of at least 4 members (excludes halogenated alkanes) is 2. The smallest absolute Gasteiger partial charge is 0.333 e. The van der Waals surface area contributed by atoms with Crippen LogP contribution >= 0.6 is 0 Å². The second-order valence-corrected chi connectivity index (χ2v) is 7.46. The second kappa shape index (κ2) is 9.31. The number of hydrogen-bond acceptors (Lipinski definition) is 5. The zero-order chi connectivity index (χ0) is 21.6. The Bertz CT molecular complexity index is 1120. The number of rotatable bonds is 7. The molecule has 0 amide bonds. The second-order valence-electron chi connectivity index (χ2n) is 7.46. The molecule has 0 unspecified atom stereocenters. The van der Waals surface area contributed by atoms with E-state index in [4.69, 9.17) is 4.84 Å². The zero-order valence-corrected chi connectivity index (χ0v) is 17.1. The summed E-state index contributed by atoms with van der Waals surface area (Å²) in [6.45, 7) is 1.64. The number of benzene rings is 2. The van der Waals surface area contributed by atoms with Gasteiger partial charge in [0.25, 0.3) is 0 Å². The van der Waals surface area contributed by atoms with Gasteiger partial charge >= 0.3 is 5.97 Å². The molecule has 0 saturated heterocycles. The molecule has 158 valence electrons. The van der Waals surface area contributed by atoms with Gasteiger partial charge in [0, 0.05) is 42.8 Å².